The first-order valence-electron chi connectivity index (χ1n) is 6.36. The van der Waals surface area contributed by atoms with Gasteiger partial charge in [-0.1, -0.05) is 6.07 Å². The van der Waals surface area contributed by atoms with Gasteiger partial charge in [-0.05, 0) is 42.8 Å². The number of nitro groups is 1. The van der Waals surface area contributed by atoms with Crippen LogP contribution in [-0.2, 0) is 0 Å². The molecular weight excluding hydrogens is 275 g/mol. The van der Waals surface area contributed by atoms with E-state index in [1.165, 1.54) is 18.2 Å². The fraction of sp³-hybridized carbons (Fsp3) is 0.200. The quantitative estimate of drug-likeness (QED) is 0.690. The van der Waals surface area contributed by atoms with Gasteiger partial charge in [-0.15, -0.1) is 0 Å². The Kier molecular flexibility index (Phi) is 4.18. The van der Waals surface area contributed by atoms with Crippen LogP contribution in [0, 0.1) is 15.9 Å². The molecule has 2 aromatic rings. The molecule has 0 fully saturated rings. The minimum atomic E-state index is -0.783. The molecule has 0 aromatic heterocycles. The second kappa shape index (κ2) is 5.88. The molecule has 0 saturated carbocycles. The Morgan fingerprint density at radius 1 is 1.24 bits per heavy atom. The molecule has 1 atom stereocenters. The summed E-state index contributed by atoms with van der Waals surface area (Å²) in [6, 6.07) is 10.2. The molecule has 0 unspecified atom stereocenters. The predicted octanol–water partition coefficient (Wildman–Crippen LogP) is 3.56. The molecule has 1 N–H and O–H groups in total. The highest BCUT2D eigenvalue weighted by Crippen LogP contribution is 2.34. The van der Waals surface area contributed by atoms with Crippen LogP contribution in [0.5, 0.6) is 0 Å². The van der Waals surface area contributed by atoms with Crippen molar-refractivity contribution in [3.8, 4) is 0 Å². The van der Waals surface area contributed by atoms with Crippen molar-refractivity contribution in [3.05, 3.63) is 64.0 Å². The summed E-state index contributed by atoms with van der Waals surface area (Å²) in [5.74, 6) is -0.369. The van der Waals surface area contributed by atoms with E-state index in [-0.39, 0.29) is 11.5 Å². The molecule has 2 rings (SSSR count). The van der Waals surface area contributed by atoms with Crippen molar-refractivity contribution < 1.29 is 14.4 Å². The van der Waals surface area contributed by atoms with Crippen molar-refractivity contribution in [1.82, 2.24) is 0 Å². The molecule has 0 aliphatic carbocycles. The lowest BCUT2D eigenvalue weighted by molar-refractivity contribution is -0.384. The van der Waals surface area contributed by atoms with Gasteiger partial charge in [0.05, 0.1) is 11.0 Å². The third kappa shape index (κ3) is 3.17. The Morgan fingerprint density at radius 3 is 2.38 bits per heavy atom. The summed E-state index contributed by atoms with van der Waals surface area (Å²) in [7, 11) is 1.66. The van der Waals surface area contributed by atoms with Gasteiger partial charge in [-0.2, -0.15) is 0 Å². The fourth-order valence-electron chi connectivity index (χ4n) is 2.03. The third-order valence-electron chi connectivity index (χ3n) is 3.25. The van der Waals surface area contributed by atoms with E-state index in [1.54, 1.807) is 43.1 Å². The molecule has 0 bridgehead atoms. The molecule has 21 heavy (non-hydrogen) atoms. The number of hydrogen-bond donors (Lipinski definition) is 1. The fourth-order valence-corrected chi connectivity index (χ4v) is 2.03. The highest BCUT2D eigenvalue weighted by atomic mass is 19.1. The minimum Gasteiger partial charge on any atom is -0.389 e. The van der Waals surface area contributed by atoms with E-state index in [0.29, 0.717) is 16.9 Å². The zero-order valence-electron chi connectivity index (χ0n) is 11.7. The molecule has 0 saturated heterocycles. The zero-order chi connectivity index (χ0) is 15.6. The second-order valence-electron chi connectivity index (χ2n) is 4.72. The molecule has 6 heteroatoms. The van der Waals surface area contributed by atoms with Crippen LogP contribution in [-0.4, -0.2) is 17.1 Å². The number of nitrogens with zero attached hydrogens (tertiary/aromatic N) is 2. The minimum absolute atomic E-state index is 0.111. The van der Waals surface area contributed by atoms with Gasteiger partial charge < -0.3 is 10.0 Å². The Balaban J connectivity index is 2.47. The van der Waals surface area contributed by atoms with Crippen LogP contribution in [0.25, 0.3) is 0 Å². The number of halogens is 1. The van der Waals surface area contributed by atoms with Gasteiger partial charge in [-0.25, -0.2) is 4.39 Å². The molecule has 110 valence electrons. The number of nitro benzene ring substituents is 1. The molecule has 5 nitrogen and oxygen atoms in total. The van der Waals surface area contributed by atoms with Crippen LogP contribution in [0.1, 0.15) is 18.6 Å². The maximum absolute atomic E-state index is 12.9. The number of anilines is 2. The van der Waals surface area contributed by atoms with Crippen LogP contribution in [0.2, 0.25) is 0 Å². The predicted molar refractivity (Wildman–Crippen MR) is 78.2 cm³/mol. The van der Waals surface area contributed by atoms with E-state index in [4.69, 9.17) is 0 Å². The Morgan fingerprint density at radius 2 is 1.86 bits per heavy atom. The normalized spacial score (nSPS) is 12.0. The van der Waals surface area contributed by atoms with E-state index < -0.39 is 11.0 Å². The second-order valence-corrected chi connectivity index (χ2v) is 4.72. The molecule has 0 aliphatic rings. The van der Waals surface area contributed by atoms with Crippen molar-refractivity contribution in [3.63, 3.8) is 0 Å². The average molecular weight is 290 g/mol. The highest BCUT2D eigenvalue weighted by molar-refractivity contribution is 5.72. The van der Waals surface area contributed by atoms with Crippen molar-refractivity contribution in [1.29, 1.82) is 0 Å². The Hall–Kier alpha value is -2.47. The van der Waals surface area contributed by atoms with Crippen molar-refractivity contribution >= 4 is 17.1 Å². The zero-order valence-corrected chi connectivity index (χ0v) is 11.7. The largest absolute Gasteiger partial charge is 0.389 e. The lowest BCUT2D eigenvalue weighted by Gasteiger charge is -2.20. The van der Waals surface area contributed by atoms with Gasteiger partial charge in [-0.3, -0.25) is 10.1 Å². The van der Waals surface area contributed by atoms with E-state index in [0.717, 1.165) is 0 Å². The van der Waals surface area contributed by atoms with Crippen LogP contribution < -0.4 is 4.90 Å². The molecule has 0 spiro atoms. The number of rotatable bonds is 4. The molecule has 0 heterocycles. The molecule has 0 amide bonds. The number of benzene rings is 2. The Bertz CT molecular complexity index is 656. The highest BCUT2D eigenvalue weighted by Gasteiger charge is 2.20. The average Bonchev–Trinajstić information content (AvgIpc) is 2.46. The lowest BCUT2D eigenvalue weighted by atomic mass is 10.1. The van der Waals surface area contributed by atoms with Crippen LogP contribution in [0.4, 0.5) is 21.5 Å². The smallest absolute Gasteiger partial charge is 0.293 e. The first kappa shape index (κ1) is 14.9. The van der Waals surface area contributed by atoms with Gasteiger partial charge >= 0.3 is 0 Å². The molecular formula is C15H15FN2O3. The lowest BCUT2D eigenvalue weighted by Crippen LogP contribution is -2.12. The van der Waals surface area contributed by atoms with Gasteiger partial charge in [0.2, 0.25) is 0 Å². The summed E-state index contributed by atoms with van der Waals surface area (Å²) in [6.45, 7) is 1.54. The topological polar surface area (TPSA) is 66.6 Å². The van der Waals surface area contributed by atoms with Gasteiger partial charge in [0.25, 0.3) is 5.69 Å². The van der Waals surface area contributed by atoms with Crippen molar-refractivity contribution in [2.45, 2.75) is 13.0 Å². The van der Waals surface area contributed by atoms with Crippen molar-refractivity contribution in [2.24, 2.45) is 0 Å². The summed E-state index contributed by atoms with van der Waals surface area (Å²) >= 11 is 0. The first-order chi connectivity index (χ1) is 9.90. The summed E-state index contributed by atoms with van der Waals surface area (Å²) < 4.78 is 12.9. The van der Waals surface area contributed by atoms with Crippen LogP contribution >= 0.6 is 0 Å². The summed E-state index contributed by atoms with van der Waals surface area (Å²) in [4.78, 5) is 12.3. The van der Waals surface area contributed by atoms with E-state index >= 15 is 0 Å². The van der Waals surface area contributed by atoms with Gasteiger partial charge in [0.15, 0.2) is 0 Å². The summed E-state index contributed by atoms with van der Waals surface area (Å²) in [5, 5.41) is 20.8. The summed E-state index contributed by atoms with van der Waals surface area (Å²) in [6.07, 6.45) is -0.783. The number of aliphatic hydroxyl groups excluding tert-OH is 1. The molecule has 2 aromatic carbocycles. The van der Waals surface area contributed by atoms with Crippen LogP contribution in [0.3, 0.4) is 0 Å². The summed E-state index contributed by atoms with van der Waals surface area (Å²) in [5.41, 5.74) is 1.36. The third-order valence-corrected chi connectivity index (χ3v) is 3.25. The molecule has 0 radical (unpaired) electrons. The van der Waals surface area contributed by atoms with E-state index in [1.807, 2.05) is 0 Å². The SMILES string of the molecule is C[C@@H](O)c1ccc(N(C)c2ccc(F)cc2)c([N+](=O)[O-])c1. The maximum atomic E-state index is 12.9. The van der Waals surface area contributed by atoms with E-state index in [2.05, 4.69) is 0 Å². The van der Waals surface area contributed by atoms with E-state index in [9.17, 15) is 19.6 Å². The van der Waals surface area contributed by atoms with Crippen molar-refractivity contribution in [2.75, 3.05) is 11.9 Å². The van der Waals surface area contributed by atoms with Crippen LogP contribution in [0.15, 0.2) is 42.5 Å². The maximum Gasteiger partial charge on any atom is 0.293 e. The van der Waals surface area contributed by atoms with Gasteiger partial charge in [0.1, 0.15) is 11.5 Å². The van der Waals surface area contributed by atoms with Gasteiger partial charge in [0, 0.05) is 18.8 Å². The monoisotopic (exact) mass is 290 g/mol. The molecule has 0 aliphatic heterocycles. The first-order valence-corrected chi connectivity index (χ1v) is 6.36. The Labute approximate surface area is 121 Å². The standard InChI is InChI=1S/C15H15FN2O3/c1-10(19)11-3-8-14(15(9-11)18(20)21)17(2)13-6-4-12(16)5-7-13/h3-10,19H,1-2H3/t10-/m1/s1. The number of aliphatic hydroxyl groups is 1. The number of hydrogen-bond acceptors (Lipinski definition) is 4.